The number of guanidine groups is 1. The fraction of sp³-hybridized carbons (Fsp3) is 0.455. The molecule has 2 rings (SSSR count). The van der Waals surface area contributed by atoms with Gasteiger partial charge >= 0.3 is 0 Å². The highest BCUT2D eigenvalue weighted by atomic mass is 32.2. The molecule has 2 aromatic rings. The molecular weight excluding hydrogens is 417 g/mol. The molecule has 0 spiro atoms. The van der Waals surface area contributed by atoms with Gasteiger partial charge in [-0.3, -0.25) is 0 Å². The van der Waals surface area contributed by atoms with Crippen LogP contribution in [0.5, 0.6) is 0 Å². The van der Waals surface area contributed by atoms with Crippen LogP contribution in [0.1, 0.15) is 37.5 Å². The predicted molar refractivity (Wildman–Crippen MR) is 124 cm³/mol. The number of aromatic nitrogens is 1. The van der Waals surface area contributed by atoms with E-state index in [1.165, 1.54) is 24.5 Å². The molecule has 31 heavy (non-hydrogen) atoms. The summed E-state index contributed by atoms with van der Waals surface area (Å²) in [6.45, 7) is 9.29. The Balaban J connectivity index is 2.10. The zero-order valence-electron chi connectivity index (χ0n) is 18.7. The fourth-order valence-corrected chi connectivity index (χ4v) is 3.96. The van der Waals surface area contributed by atoms with E-state index >= 15 is 0 Å². The van der Waals surface area contributed by atoms with Gasteiger partial charge in [0, 0.05) is 38.6 Å². The van der Waals surface area contributed by atoms with Crippen LogP contribution in [0.2, 0.25) is 0 Å². The highest BCUT2D eigenvalue weighted by Crippen LogP contribution is 2.15. The Morgan fingerprint density at radius 1 is 1.10 bits per heavy atom. The van der Waals surface area contributed by atoms with Crippen molar-refractivity contribution < 1.29 is 12.8 Å². The molecule has 0 radical (unpaired) electrons. The summed E-state index contributed by atoms with van der Waals surface area (Å²) in [5.41, 5.74) is 2.13. The Bertz CT molecular complexity index is 974. The summed E-state index contributed by atoms with van der Waals surface area (Å²) in [5.74, 6) is 0.954. The van der Waals surface area contributed by atoms with Crippen molar-refractivity contribution >= 4 is 21.6 Å². The van der Waals surface area contributed by atoms with Gasteiger partial charge in [-0.15, -0.1) is 0 Å². The lowest BCUT2D eigenvalue weighted by Gasteiger charge is -2.19. The molecule has 1 aromatic carbocycles. The smallest absolute Gasteiger partial charge is 0.191 e. The average Bonchev–Trinajstić information content (AvgIpc) is 2.72. The Kier molecular flexibility index (Phi) is 9.23. The fourth-order valence-electron chi connectivity index (χ4n) is 3.12. The summed E-state index contributed by atoms with van der Waals surface area (Å²) < 4.78 is 37.1. The van der Waals surface area contributed by atoms with Crippen molar-refractivity contribution in [3.63, 3.8) is 0 Å². The maximum atomic E-state index is 13.7. The highest BCUT2D eigenvalue weighted by Gasteiger charge is 2.11. The van der Waals surface area contributed by atoms with Crippen molar-refractivity contribution in [3.05, 3.63) is 59.0 Å². The maximum absolute atomic E-state index is 13.7. The van der Waals surface area contributed by atoms with Gasteiger partial charge in [-0.05, 0) is 55.7 Å². The van der Waals surface area contributed by atoms with Crippen LogP contribution in [0.25, 0.3) is 0 Å². The van der Waals surface area contributed by atoms with E-state index in [1.807, 2.05) is 25.3 Å². The highest BCUT2D eigenvalue weighted by molar-refractivity contribution is 7.89. The number of halogens is 1. The second-order valence-electron chi connectivity index (χ2n) is 7.23. The molecule has 1 heterocycles. The van der Waals surface area contributed by atoms with Crippen LogP contribution in [-0.2, 0) is 28.7 Å². The zero-order chi connectivity index (χ0) is 22.9. The quantitative estimate of drug-likeness (QED) is 0.429. The lowest BCUT2D eigenvalue weighted by atomic mass is 10.1. The van der Waals surface area contributed by atoms with Crippen LogP contribution in [0, 0.1) is 5.82 Å². The standard InChI is InChI=1S/C22H32FN5O2S/c1-5-24-22(26-14-17-8-11-21(25-13-17)28(6-2)7-3)27-15-19-12-20(23)10-9-18(19)16-31(4,29)30/h8-13H,5-7,14-16H2,1-4H3,(H2,24,26,27). The average molecular weight is 450 g/mol. The molecule has 0 atom stereocenters. The molecule has 7 nitrogen and oxygen atoms in total. The number of nitrogens with zero attached hydrogens (tertiary/aromatic N) is 3. The van der Waals surface area contributed by atoms with Crippen LogP contribution in [0.15, 0.2) is 41.5 Å². The van der Waals surface area contributed by atoms with E-state index in [-0.39, 0.29) is 12.3 Å². The number of rotatable bonds is 10. The number of nitrogens with one attached hydrogen (secondary N) is 2. The molecule has 1 aromatic heterocycles. The Morgan fingerprint density at radius 3 is 2.42 bits per heavy atom. The predicted octanol–water partition coefficient (Wildman–Crippen LogP) is 2.87. The van der Waals surface area contributed by atoms with Crippen LogP contribution in [0.3, 0.4) is 0 Å². The van der Waals surface area contributed by atoms with E-state index in [1.54, 1.807) is 0 Å². The lowest BCUT2D eigenvalue weighted by molar-refractivity contribution is 0.599. The molecule has 0 aliphatic heterocycles. The molecule has 0 saturated carbocycles. The lowest BCUT2D eigenvalue weighted by Crippen LogP contribution is -2.37. The van der Waals surface area contributed by atoms with Gasteiger partial charge in [0.05, 0.1) is 12.3 Å². The van der Waals surface area contributed by atoms with E-state index in [0.29, 0.717) is 30.2 Å². The Morgan fingerprint density at radius 2 is 1.84 bits per heavy atom. The first-order valence-corrected chi connectivity index (χ1v) is 12.5. The van der Waals surface area contributed by atoms with Crippen molar-refractivity contribution in [3.8, 4) is 0 Å². The second-order valence-corrected chi connectivity index (χ2v) is 9.37. The zero-order valence-corrected chi connectivity index (χ0v) is 19.5. The number of hydrogen-bond donors (Lipinski definition) is 2. The van der Waals surface area contributed by atoms with Crippen molar-refractivity contribution in [2.24, 2.45) is 4.99 Å². The van der Waals surface area contributed by atoms with E-state index in [9.17, 15) is 12.8 Å². The van der Waals surface area contributed by atoms with Crippen molar-refractivity contribution in [2.75, 3.05) is 30.8 Å². The number of anilines is 1. The number of hydrogen-bond acceptors (Lipinski definition) is 5. The van der Waals surface area contributed by atoms with Gasteiger partial charge in [-0.25, -0.2) is 22.8 Å². The Labute approximate surface area is 184 Å². The van der Waals surface area contributed by atoms with Gasteiger partial charge in [-0.2, -0.15) is 0 Å². The van der Waals surface area contributed by atoms with E-state index < -0.39 is 15.7 Å². The molecule has 0 unspecified atom stereocenters. The van der Waals surface area contributed by atoms with Crippen LogP contribution in [-0.4, -0.2) is 45.3 Å². The SMILES string of the molecule is CCNC(=NCc1ccc(N(CC)CC)nc1)NCc1cc(F)ccc1CS(C)(=O)=O. The van der Waals surface area contributed by atoms with Crippen LogP contribution >= 0.6 is 0 Å². The summed E-state index contributed by atoms with van der Waals surface area (Å²) in [6, 6.07) is 8.14. The molecule has 2 N–H and O–H groups in total. The van der Waals surface area contributed by atoms with E-state index in [4.69, 9.17) is 0 Å². The molecule has 170 valence electrons. The third-order valence-corrected chi connectivity index (χ3v) is 5.53. The minimum absolute atomic E-state index is 0.136. The largest absolute Gasteiger partial charge is 0.357 e. The first-order chi connectivity index (χ1) is 14.8. The molecule has 0 aliphatic carbocycles. The molecule has 0 fully saturated rings. The summed E-state index contributed by atoms with van der Waals surface area (Å²) in [6.07, 6.45) is 2.98. The van der Waals surface area contributed by atoms with Gasteiger partial charge < -0.3 is 15.5 Å². The minimum atomic E-state index is -3.23. The number of benzene rings is 1. The van der Waals surface area contributed by atoms with Gasteiger partial charge in [0.25, 0.3) is 0 Å². The molecular formula is C22H32FN5O2S. The van der Waals surface area contributed by atoms with Gasteiger partial charge in [-0.1, -0.05) is 12.1 Å². The summed E-state index contributed by atoms with van der Waals surface area (Å²) in [4.78, 5) is 11.3. The number of sulfone groups is 1. The van der Waals surface area contributed by atoms with Gasteiger partial charge in [0.2, 0.25) is 0 Å². The summed E-state index contributed by atoms with van der Waals surface area (Å²) >= 11 is 0. The monoisotopic (exact) mass is 449 g/mol. The third-order valence-electron chi connectivity index (χ3n) is 4.69. The molecule has 0 saturated heterocycles. The Hall–Kier alpha value is -2.68. The molecule has 0 aliphatic rings. The van der Waals surface area contributed by atoms with E-state index in [0.717, 1.165) is 24.5 Å². The van der Waals surface area contributed by atoms with E-state index in [2.05, 4.69) is 39.4 Å². The summed E-state index contributed by atoms with van der Waals surface area (Å²) in [5, 5.41) is 6.31. The van der Waals surface area contributed by atoms with Gasteiger partial charge in [0.15, 0.2) is 15.8 Å². The maximum Gasteiger partial charge on any atom is 0.191 e. The first kappa shape index (κ1) is 24.6. The third kappa shape index (κ3) is 8.16. The van der Waals surface area contributed by atoms with Crippen molar-refractivity contribution in [2.45, 2.75) is 39.6 Å². The second kappa shape index (κ2) is 11.6. The topological polar surface area (TPSA) is 86.7 Å². The van der Waals surface area contributed by atoms with Gasteiger partial charge in [0.1, 0.15) is 11.6 Å². The van der Waals surface area contributed by atoms with Crippen molar-refractivity contribution in [1.82, 2.24) is 15.6 Å². The van der Waals surface area contributed by atoms with Crippen LogP contribution < -0.4 is 15.5 Å². The molecule has 0 amide bonds. The molecule has 9 heteroatoms. The normalized spacial score (nSPS) is 12.0. The minimum Gasteiger partial charge on any atom is -0.357 e. The van der Waals surface area contributed by atoms with Crippen molar-refractivity contribution in [1.29, 1.82) is 0 Å². The number of aliphatic imine (C=N–C) groups is 1. The number of pyridine rings is 1. The molecule has 0 bridgehead atoms. The first-order valence-electron chi connectivity index (χ1n) is 10.4. The van der Waals surface area contributed by atoms with Crippen LogP contribution in [0.4, 0.5) is 10.2 Å². The summed E-state index contributed by atoms with van der Waals surface area (Å²) in [7, 11) is -3.23.